The average molecular weight is 252 g/mol. The molecule has 1 amide bonds. The zero-order valence-electron chi connectivity index (χ0n) is 11.4. The van der Waals surface area contributed by atoms with E-state index in [1.165, 1.54) is 0 Å². The van der Waals surface area contributed by atoms with Crippen molar-refractivity contribution in [3.63, 3.8) is 0 Å². The Kier molecular flexibility index (Phi) is 3.10. The Bertz CT molecular complexity index is 337. The third-order valence-corrected chi connectivity index (χ3v) is 5.20. The quantitative estimate of drug-likeness (QED) is 0.753. The Labute approximate surface area is 109 Å². The summed E-state index contributed by atoms with van der Waals surface area (Å²) in [5, 5.41) is 3.46. The number of hydrogen-bond donors (Lipinski definition) is 1. The number of rotatable bonds is 1. The van der Waals surface area contributed by atoms with Gasteiger partial charge >= 0.3 is 0 Å². The molecule has 0 radical (unpaired) electrons. The van der Waals surface area contributed by atoms with Gasteiger partial charge in [0.2, 0.25) is 5.91 Å². The molecular formula is C14H24N2O2. The van der Waals surface area contributed by atoms with Crippen molar-refractivity contribution in [2.45, 2.75) is 32.2 Å². The van der Waals surface area contributed by atoms with Gasteiger partial charge in [-0.3, -0.25) is 4.79 Å². The molecule has 0 aliphatic carbocycles. The second-order valence-electron chi connectivity index (χ2n) is 6.51. The van der Waals surface area contributed by atoms with Crippen LogP contribution in [0.3, 0.4) is 0 Å². The molecule has 0 aromatic carbocycles. The van der Waals surface area contributed by atoms with E-state index >= 15 is 0 Å². The molecule has 1 N–H and O–H groups in total. The van der Waals surface area contributed by atoms with E-state index in [1.54, 1.807) is 0 Å². The number of nitrogens with zero attached hydrogens (tertiary/aromatic N) is 1. The lowest BCUT2D eigenvalue weighted by Gasteiger charge is -2.38. The van der Waals surface area contributed by atoms with Crippen LogP contribution in [0, 0.1) is 17.8 Å². The van der Waals surface area contributed by atoms with Gasteiger partial charge in [-0.05, 0) is 38.5 Å². The summed E-state index contributed by atoms with van der Waals surface area (Å²) in [5.74, 6) is 1.85. The predicted octanol–water partition coefficient (Wildman–Crippen LogP) is 0.869. The molecule has 0 saturated carbocycles. The van der Waals surface area contributed by atoms with Crippen molar-refractivity contribution in [2.75, 3.05) is 32.8 Å². The highest BCUT2D eigenvalue weighted by Crippen LogP contribution is 2.41. The summed E-state index contributed by atoms with van der Waals surface area (Å²) in [6.07, 6.45) is 1.80. The fraction of sp³-hybridized carbons (Fsp3) is 0.929. The summed E-state index contributed by atoms with van der Waals surface area (Å²) in [7, 11) is 0. The lowest BCUT2D eigenvalue weighted by atomic mass is 9.84. The van der Waals surface area contributed by atoms with Gasteiger partial charge in [-0.1, -0.05) is 0 Å². The number of carbonyl (C=O) groups excluding carboxylic acids is 1. The number of fused-ring (bicyclic) bond motifs is 1. The minimum absolute atomic E-state index is 0.0174. The molecule has 18 heavy (non-hydrogen) atoms. The van der Waals surface area contributed by atoms with Crippen LogP contribution in [0.15, 0.2) is 0 Å². The first-order chi connectivity index (χ1) is 8.60. The van der Waals surface area contributed by atoms with Crippen molar-refractivity contribution in [1.29, 1.82) is 0 Å². The van der Waals surface area contributed by atoms with Gasteiger partial charge in [0.15, 0.2) is 0 Å². The molecule has 0 spiro atoms. The fourth-order valence-corrected chi connectivity index (χ4v) is 3.96. The van der Waals surface area contributed by atoms with Crippen molar-refractivity contribution in [3.8, 4) is 0 Å². The van der Waals surface area contributed by atoms with Crippen molar-refractivity contribution in [2.24, 2.45) is 17.8 Å². The van der Waals surface area contributed by atoms with Gasteiger partial charge in [-0.15, -0.1) is 0 Å². The van der Waals surface area contributed by atoms with Crippen molar-refractivity contribution < 1.29 is 9.53 Å². The summed E-state index contributed by atoms with van der Waals surface area (Å²) in [5.41, 5.74) is 0.0174. The van der Waals surface area contributed by atoms with Gasteiger partial charge < -0.3 is 15.0 Å². The van der Waals surface area contributed by atoms with Crippen molar-refractivity contribution in [3.05, 3.63) is 0 Å². The van der Waals surface area contributed by atoms with E-state index in [-0.39, 0.29) is 11.5 Å². The molecule has 4 nitrogen and oxygen atoms in total. The van der Waals surface area contributed by atoms with E-state index < -0.39 is 0 Å². The van der Waals surface area contributed by atoms with E-state index in [0.717, 1.165) is 45.7 Å². The molecule has 4 heteroatoms. The molecule has 3 saturated heterocycles. The topological polar surface area (TPSA) is 41.6 Å². The second kappa shape index (κ2) is 4.49. The van der Waals surface area contributed by atoms with Gasteiger partial charge in [0, 0.05) is 44.3 Å². The highest BCUT2D eigenvalue weighted by atomic mass is 16.5. The second-order valence-corrected chi connectivity index (χ2v) is 6.51. The summed E-state index contributed by atoms with van der Waals surface area (Å²) >= 11 is 0. The Morgan fingerprint density at radius 2 is 2.00 bits per heavy atom. The van der Waals surface area contributed by atoms with E-state index in [4.69, 9.17) is 4.74 Å². The van der Waals surface area contributed by atoms with Gasteiger partial charge in [0.25, 0.3) is 0 Å². The van der Waals surface area contributed by atoms with E-state index in [9.17, 15) is 4.79 Å². The molecule has 0 aromatic rings. The standard InChI is InChI=1S/C14H24N2O2/c1-14(2)12-8-15-7-11(12)9-16(14)13(17)10-3-5-18-6-4-10/h10-12,15H,3-9H2,1-2H3. The smallest absolute Gasteiger partial charge is 0.226 e. The molecule has 0 aromatic heterocycles. The van der Waals surface area contributed by atoms with Crippen LogP contribution in [-0.4, -0.2) is 49.2 Å². The minimum Gasteiger partial charge on any atom is -0.381 e. The van der Waals surface area contributed by atoms with E-state index in [1.807, 2.05) is 0 Å². The van der Waals surface area contributed by atoms with Crippen LogP contribution >= 0.6 is 0 Å². The zero-order chi connectivity index (χ0) is 12.8. The van der Waals surface area contributed by atoms with Gasteiger partial charge in [0.05, 0.1) is 0 Å². The van der Waals surface area contributed by atoms with Crippen LogP contribution in [0.1, 0.15) is 26.7 Å². The van der Waals surface area contributed by atoms with Gasteiger partial charge in [-0.25, -0.2) is 0 Å². The third-order valence-electron chi connectivity index (χ3n) is 5.20. The number of hydrogen-bond acceptors (Lipinski definition) is 3. The molecule has 3 fully saturated rings. The third kappa shape index (κ3) is 1.86. The summed E-state index contributed by atoms with van der Waals surface area (Å²) in [6, 6.07) is 0. The Morgan fingerprint density at radius 1 is 1.28 bits per heavy atom. The normalized spacial score (nSPS) is 35.8. The SMILES string of the molecule is CC1(C)C2CNCC2CN1C(=O)C1CCOCC1. The minimum atomic E-state index is 0.0174. The fourth-order valence-electron chi connectivity index (χ4n) is 3.96. The van der Waals surface area contributed by atoms with Crippen LogP contribution in [0.2, 0.25) is 0 Å². The maximum atomic E-state index is 12.7. The largest absolute Gasteiger partial charge is 0.381 e. The number of ether oxygens (including phenoxy) is 1. The van der Waals surface area contributed by atoms with Crippen molar-refractivity contribution >= 4 is 5.91 Å². The average Bonchev–Trinajstić information content (AvgIpc) is 2.92. The highest BCUT2D eigenvalue weighted by molar-refractivity contribution is 5.80. The molecule has 3 aliphatic heterocycles. The maximum Gasteiger partial charge on any atom is 0.226 e. The first-order valence-electron chi connectivity index (χ1n) is 7.20. The summed E-state index contributed by atoms with van der Waals surface area (Å²) in [4.78, 5) is 14.9. The number of carbonyl (C=O) groups is 1. The molecule has 0 bridgehead atoms. The Morgan fingerprint density at radius 3 is 2.67 bits per heavy atom. The lowest BCUT2D eigenvalue weighted by molar-refractivity contribution is -0.142. The van der Waals surface area contributed by atoms with Crippen LogP contribution in [0.25, 0.3) is 0 Å². The lowest BCUT2D eigenvalue weighted by Crippen LogP contribution is -2.50. The zero-order valence-corrected chi connectivity index (χ0v) is 11.4. The number of amides is 1. The summed E-state index contributed by atoms with van der Waals surface area (Å²) in [6.45, 7) is 9.06. The predicted molar refractivity (Wildman–Crippen MR) is 69.2 cm³/mol. The number of likely N-dealkylation sites (tertiary alicyclic amines) is 1. The van der Waals surface area contributed by atoms with Crippen LogP contribution in [0.5, 0.6) is 0 Å². The van der Waals surface area contributed by atoms with Crippen LogP contribution in [-0.2, 0) is 9.53 Å². The first kappa shape index (κ1) is 12.4. The monoisotopic (exact) mass is 252 g/mol. The molecule has 3 heterocycles. The molecule has 3 aliphatic rings. The molecule has 3 rings (SSSR count). The molecular weight excluding hydrogens is 228 g/mol. The van der Waals surface area contributed by atoms with Crippen LogP contribution in [0.4, 0.5) is 0 Å². The van der Waals surface area contributed by atoms with E-state index in [0.29, 0.717) is 17.7 Å². The highest BCUT2D eigenvalue weighted by Gasteiger charge is 2.52. The number of nitrogens with one attached hydrogen (secondary N) is 1. The van der Waals surface area contributed by atoms with Gasteiger partial charge in [0.1, 0.15) is 0 Å². The van der Waals surface area contributed by atoms with Crippen molar-refractivity contribution in [1.82, 2.24) is 10.2 Å². The molecule has 2 unspecified atom stereocenters. The molecule has 2 atom stereocenters. The summed E-state index contributed by atoms with van der Waals surface area (Å²) < 4.78 is 5.36. The van der Waals surface area contributed by atoms with Crippen LogP contribution < -0.4 is 5.32 Å². The maximum absolute atomic E-state index is 12.7. The first-order valence-corrected chi connectivity index (χ1v) is 7.20. The molecule has 102 valence electrons. The Balaban J connectivity index is 1.74. The van der Waals surface area contributed by atoms with E-state index in [2.05, 4.69) is 24.1 Å². The Hall–Kier alpha value is -0.610. The van der Waals surface area contributed by atoms with Gasteiger partial charge in [-0.2, -0.15) is 0 Å².